The number of anilines is 1. The van der Waals surface area contributed by atoms with Crippen LogP contribution in [0.1, 0.15) is 11.1 Å². The van der Waals surface area contributed by atoms with Gasteiger partial charge >= 0.3 is 0 Å². The van der Waals surface area contributed by atoms with E-state index in [4.69, 9.17) is 17.0 Å². The highest BCUT2D eigenvalue weighted by atomic mass is 79.9. The lowest BCUT2D eigenvalue weighted by molar-refractivity contribution is -0.122. The summed E-state index contributed by atoms with van der Waals surface area (Å²) in [6, 6.07) is 20.5. The normalized spacial score (nSPS) is 15.1. The van der Waals surface area contributed by atoms with E-state index in [1.165, 1.54) is 11.0 Å². The average Bonchev–Trinajstić information content (AvgIpc) is 2.78. The Labute approximate surface area is 221 Å². The van der Waals surface area contributed by atoms with Crippen LogP contribution in [0, 0.1) is 0 Å². The molecule has 1 heterocycles. The Kier molecular flexibility index (Phi) is 7.43. The maximum atomic E-state index is 13.2. The summed E-state index contributed by atoms with van der Waals surface area (Å²) in [5.74, 6) is -0.421. The zero-order valence-electron chi connectivity index (χ0n) is 16.8. The molecule has 9 heteroatoms. The van der Waals surface area contributed by atoms with Gasteiger partial charge in [-0.3, -0.25) is 19.8 Å². The lowest BCUT2D eigenvalue weighted by atomic mass is 10.1. The molecule has 0 saturated carbocycles. The standard InChI is InChI=1S/C24H15Br3N2O3S/c25-16-6-8-17(9-7-16)29-23(31)18(22(30)28-24(29)33)10-15-11-19(26)21(20(27)12-15)32-13-14-4-2-1-3-5-14/h1-12H,13H2,(H,28,30,33)/b18-10+. The van der Waals surface area contributed by atoms with Gasteiger partial charge in [0.05, 0.1) is 14.6 Å². The van der Waals surface area contributed by atoms with Gasteiger partial charge in [0.15, 0.2) is 5.11 Å². The molecule has 4 rings (SSSR count). The third-order valence-corrected chi connectivity index (χ3v) is 6.74. The zero-order chi connectivity index (χ0) is 23.5. The molecular formula is C24H15Br3N2O3S. The summed E-state index contributed by atoms with van der Waals surface area (Å²) in [5, 5.41) is 2.63. The molecule has 1 fully saturated rings. The van der Waals surface area contributed by atoms with Gasteiger partial charge in [-0.2, -0.15) is 0 Å². The Hall–Kier alpha value is -2.33. The molecule has 1 aliphatic heterocycles. The molecule has 5 nitrogen and oxygen atoms in total. The molecule has 1 saturated heterocycles. The number of nitrogens with one attached hydrogen (secondary N) is 1. The maximum absolute atomic E-state index is 13.2. The quantitative estimate of drug-likeness (QED) is 0.198. The zero-order valence-corrected chi connectivity index (χ0v) is 22.4. The van der Waals surface area contributed by atoms with Crippen LogP contribution in [-0.2, 0) is 16.2 Å². The van der Waals surface area contributed by atoms with Gasteiger partial charge in [0, 0.05) is 4.47 Å². The number of thiocarbonyl (C=S) groups is 1. The number of carbonyl (C=O) groups is 2. The Bertz CT molecular complexity index is 1250. The summed E-state index contributed by atoms with van der Waals surface area (Å²) >= 11 is 15.7. The molecule has 0 aromatic heterocycles. The number of nitrogens with zero attached hydrogens (tertiary/aromatic N) is 1. The molecule has 0 atom stereocenters. The first-order chi connectivity index (χ1) is 15.8. The van der Waals surface area contributed by atoms with E-state index in [1.807, 2.05) is 30.3 Å². The van der Waals surface area contributed by atoms with Crippen molar-refractivity contribution in [3.05, 3.63) is 96.8 Å². The van der Waals surface area contributed by atoms with Crippen molar-refractivity contribution in [2.24, 2.45) is 0 Å². The Morgan fingerprint density at radius 2 is 1.58 bits per heavy atom. The van der Waals surface area contributed by atoms with Crippen molar-refractivity contribution in [3.8, 4) is 5.75 Å². The predicted molar refractivity (Wildman–Crippen MR) is 143 cm³/mol. The van der Waals surface area contributed by atoms with Gasteiger partial charge in [-0.25, -0.2) is 0 Å². The summed E-state index contributed by atoms with van der Waals surface area (Å²) < 4.78 is 8.18. The van der Waals surface area contributed by atoms with Crippen LogP contribution in [0.3, 0.4) is 0 Å². The number of carbonyl (C=O) groups excluding carboxylic acids is 2. The molecule has 0 aliphatic carbocycles. The molecule has 33 heavy (non-hydrogen) atoms. The number of rotatable bonds is 5. The topological polar surface area (TPSA) is 58.6 Å². The summed E-state index contributed by atoms with van der Waals surface area (Å²) in [6.07, 6.45) is 1.53. The Morgan fingerprint density at radius 3 is 2.21 bits per heavy atom. The van der Waals surface area contributed by atoms with Gasteiger partial charge in [-0.05, 0) is 97.7 Å². The highest BCUT2D eigenvalue weighted by Gasteiger charge is 2.34. The fourth-order valence-corrected chi connectivity index (χ4v) is 5.18. The first kappa shape index (κ1) is 23.8. The van der Waals surface area contributed by atoms with Crippen LogP contribution in [0.2, 0.25) is 0 Å². The number of ether oxygens (including phenoxy) is 1. The van der Waals surface area contributed by atoms with Crippen LogP contribution in [0.4, 0.5) is 5.69 Å². The second kappa shape index (κ2) is 10.3. The fraction of sp³-hybridized carbons (Fsp3) is 0.0417. The minimum Gasteiger partial charge on any atom is -0.487 e. The van der Waals surface area contributed by atoms with Gasteiger partial charge in [0.2, 0.25) is 0 Å². The summed E-state index contributed by atoms with van der Waals surface area (Å²) in [7, 11) is 0. The summed E-state index contributed by atoms with van der Waals surface area (Å²) in [5.41, 5.74) is 2.22. The first-order valence-corrected chi connectivity index (χ1v) is 12.4. The van der Waals surface area contributed by atoms with Crippen LogP contribution < -0.4 is 15.0 Å². The number of halogens is 3. The van der Waals surface area contributed by atoms with Crippen LogP contribution >= 0.6 is 60.0 Å². The third kappa shape index (κ3) is 5.43. The molecule has 0 bridgehead atoms. The predicted octanol–water partition coefficient (Wildman–Crippen LogP) is 6.38. The van der Waals surface area contributed by atoms with Crippen LogP contribution in [0.15, 0.2) is 85.7 Å². The van der Waals surface area contributed by atoms with Crippen molar-refractivity contribution in [2.75, 3.05) is 4.90 Å². The Balaban J connectivity index is 1.61. The van der Waals surface area contributed by atoms with E-state index < -0.39 is 11.8 Å². The summed E-state index contributed by atoms with van der Waals surface area (Å²) in [4.78, 5) is 27.1. The number of hydrogen-bond acceptors (Lipinski definition) is 4. The molecular weight excluding hydrogens is 636 g/mol. The highest BCUT2D eigenvalue weighted by molar-refractivity contribution is 9.11. The van der Waals surface area contributed by atoms with Crippen LogP contribution in [-0.4, -0.2) is 16.9 Å². The van der Waals surface area contributed by atoms with Gasteiger partial charge < -0.3 is 4.74 Å². The van der Waals surface area contributed by atoms with Crippen molar-refractivity contribution in [2.45, 2.75) is 6.61 Å². The van der Waals surface area contributed by atoms with Crippen molar-refractivity contribution >= 4 is 88.7 Å². The first-order valence-electron chi connectivity index (χ1n) is 9.66. The van der Waals surface area contributed by atoms with Gasteiger partial charge in [-0.1, -0.05) is 46.3 Å². The van der Waals surface area contributed by atoms with Crippen LogP contribution in [0.25, 0.3) is 6.08 Å². The molecule has 166 valence electrons. The van der Waals surface area contributed by atoms with Gasteiger partial charge in [-0.15, -0.1) is 0 Å². The molecule has 3 aromatic carbocycles. The maximum Gasteiger partial charge on any atom is 0.270 e. The SMILES string of the molecule is O=C1NC(=S)N(c2ccc(Br)cc2)C(=O)/C1=C/c1cc(Br)c(OCc2ccccc2)c(Br)c1. The van der Waals surface area contributed by atoms with Crippen molar-refractivity contribution < 1.29 is 14.3 Å². The van der Waals surface area contributed by atoms with E-state index in [2.05, 4.69) is 53.1 Å². The molecule has 0 unspecified atom stereocenters. The minimum absolute atomic E-state index is 0.0247. The van der Waals surface area contributed by atoms with Gasteiger partial charge in [0.25, 0.3) is 11.8 Å². The second-order valence-corrected chi connectivity index (χ2v) is 10.0. The minimum atomic E-state index is -0.546. The molecule has 1 N–H and O–H groups in total. The fourth-order valence-electron chi connectivity index (χ4n) is 3.18. The Morgan fingerprint density at radius 1 is 0.939 bits per heavy atom. The van der Waals surface area contributed by atoms with Gasteiger partial charge in [0.1, 0.15) is 17.9 Å². The monoisotopic (exact) mass is 648 g/mol. The molecule has 3 aromatic rings. The summed E-state index contributed by atoms with van der Waals surface area (Å²) in [6.45, 7) is 0.402. The molecule has 2 amide bonds. The van der Waals surface area contributed by atoms with E-state index in [-0.39, 0.29) is 10.7 Å². The smallest absolute Gasteiger partial charge is 0.270 e. The van der Waals surface area contributed by atoms with Crippen molar-refractivity contribution in [1.29, 1.82) is 0 Å². The van der Waals surface area contributed by atoms with E-state index in [0.29, 0.717) is 32.6 Å². The van der Waals surface area contributed by atoms with E-state index in [1.54, 1.807) is 36.4 Å². The molecule has 1 aliphatic rings. The highest BCUT2D eigenvalue weighted by Crippen LogP contribution is 2.36. The molecule has 0 spiro atoms. The van der Waals surface area contributed by atoms with Crippen molar-refractivity contribution in [1.82, 2.24) is 5.32 Å². The number of benzene rings is 3. The van der Waals surface area contributed by atoms with Crippen molar-refractivity contribution in [3.63, 3.8) is 0 Å². The largest absolute Gasteiger partial charge is 0.487 e. The number of hydrogen-bond donors (Lipinski definition) is 1. The van der Waals surface area contributed by atoms with Crippen LogP contribution in [0.5, 0.6) is 5.75 Å². The third-order valence-electron chi connectivity index (χ3n) is 4.74. The van der Waals surface area contributed by atoms with E-state index in [0.717, 1.165) is 10.0 Å². The van der Waals surface area contributed by atoms with E-state index >= 15 is 0 Å². The second-order valence-electron chi connectivity index (χ2n) is 7.02. The average molecular weight is 651 g/mol. The molecule has 0 radical (unpaired) electrons. The lowest BCUT2D eigenvalue weighted by Crippen LogP contribution is -2.54. The van der Waals surface area contributed by atoms with E-state index in [9.17, 15) is 9.59 Å². The lowest BCUT2D eigenvalue weighted by Gasteiger charge is -2.29. The number of amides is 2.